The number of aryl methyl sites for hydroxylation is 1. The van der Waals surface area contributed by atoms with Gasteiger partial charge in [0.25, 0.3) is 0 Å². The molecule has 0 saturated carbocycles. The molecule has 24 heavy (non-hydrogen) atoms. The van der Waals surface area contributed by atoms with Crippen LogP contribution in [0.1, 0.15) is 39.0 Å². The van der Waals surface area contributed by atoms with E-state index in [4.69, 9.17) is 9.31 Å². The maximum absolute atomic E-state index is 6.15. The molecule has 0 atom stereocenters. The molecule has 0 spiro atoms. The molecule has 126 valence electrons. The summed E-state index contributed by atoms with van der Waals surface area (Å²) in [5, 5.41) is 3.38. The molecular weight excluding hydrogens is 299 g/mol. The van der Waals surface area contributed by atoms with Crippen molar-refractivity contribution in [2.75, 3.05) is 5.32 Å². The Kier molecular flexibility index (Phi) is 4.41. The van der Waals surface area contributed by atoms with Crippen molar-refractivity contribution in [2.24, 2.45) is 0 Å². The van der Waals surface area contributed by atoms with Crippen LogP contribution in [0.15, 0.2) is 42.5 Å². The predicted molar refractivity (Wildman–Crippen MR) is 98.5 cm³/mol. The summed E-state index contributed by atoms with van der Waals surface area (Å²) < 4.78 is 12.3. The van der Waals surface area contributed by atoms with Crippen LogP contribution < -0.4 is 10.8 Å². The van der Waals surface area contributed by atoms with Gasteiger partial charge in [-0.3, -0.25) is 0 Å². The summed E-state index contributed by atoms with van der Waals surface area (Å²) >= 11 is 0. The van der Waals surface area contributed by atoms with Gasteiger partial charge in [-0.1, -0.05) is 30.3 Å². The fourth-order valence-corrected chi connectivity index (χ4v) is 2.69. The quantitative estimate of drug-likeness (QED) is 0.877. The predicted octanol–water partition coefficient (Wildman–Crippen LogP) is 3.30. The van der Waals surface area contributed by atoms with Gasteiger partial charge >= 0.3 is 7.12 Å². The first-order valence-corrected chi connectivity index (χ1v) is 8.39. The van der Waals surface area contributed by atoms with Crippen molar-refractivity contribution >= 4 is 18.4 Å². The third-order valence-electron chi connectivity index (χ3n) is 4.82. The number of aromatic nitrogens is 1. The van der Waals surface area contributed by atoms with Gasteiger partial charge in [0.2, 0.25) is 0 Å². The van der Waals surface area contributed by atoms with Gasteiger partial charge in [0, 0.05) is 12.2 Å². The van der Waals surface area contributed by atoms with Gasteiger partial charge in [-0.15, -0.1) is 0 Å². The molecule has 0 radical (unpaired) electrons. The van der Waals surface area contributed by atoms with Crippen LogP contribution in [0.3, 0.4) is 0 Å². The number of benzene rings is 1. The Balaban J connectivity index is 1.77. The van der Waals surface area contributed by atoms with Gasteiger partial charge in [-0.05, 0) is 57.8 Å². The maximum Gasteiger partial charge on any atom is 0.495 e. The first-order chi connectivity index (χ1) is 11.3. The Bertz CT molecular complexity index is 701. The number of hydrogen-bond acceptors (Lipinski definition) is 4. The third kappa shape index (κ3) is 3.47. The summed E-state index contributed by atoms with van der Waals surface area (Å²) in [7, 11) is -0.367. The first-order valence-electron chi connectivity index (χ1n) is 8.39. The fourth-order valence-electron chi connectivity index (χ4n) is 2.69. The van der Waals surface area contributed by atoms with Gasteiger partial charge in [-0.2, -0.15) is 0 Å². The zero-order chi connectivity index (χ0) is 17.4. The van der Waals surface area contributed by atoms with Crippen molar-refractivity contribution < 1.29 is 9.31 Å². The van der Waals surface area contributed by atoms with Crippen LogP contribution >= 0.6 is 0 Å². The number of nitrogens with zero attached hydrogens (tertiary/aromatic N) is 1. The average Bonchev–Trinajstić information content (AvgIpc) is 2.74. The smallest absolute Gasteiger partial charge is 0.399 e. The Hall–Kier alpha value is -1.85. The maximum atomic E-state index is 6.15. The number of hydrogen-bond donors (Lipinski definition) is 1. The highest BCUT2D eigenvalue weighted by Gasteiger charge is 2.51. The molecule has 0 amide bonds. The lowest BCUT2D eigenvalue weighted by molar-refractivity contribution is 0.00578. The second kappa shape index (κ2) is 6.23. The zero-order valence-electron chi connectivity index (χ0n) is 15.1. The van der Waals surface area contributed by atoms with Gasteiger partial charge < -0.3 is 14.6 Å². The molecule has 5 heteroatoms. The molecule has 1 fully saturated rings. The molecule has 4 nitrogen and oxygen atoms in total. The van der Waals surface area contributed by atoms with Gasteiger partial charge in [0.05, 0.1) is 11.2 Å². The van der Waals surface area contributed by atoms with Crippen LogP contribution in [-0.4, -0.2) is 23.3 Å². The standard InChI is InChI=1S/C19H25BN2O2/c1-14-11-16(20-23-18(2,3)19(4,5)24-20)12-17(22-14)21-13-15-9-7-6-8-10-15/h6-12H,13H2,1-5H3,(H,21,22). The van der Waals surface area contributed by atoms with E-state index in [1.165, 1.54) is 5.56 Å². The van der Waals surface area contributed by atoms with Gasteiger partial charge in [-0.25, -0.2) is 4.98 Å². The number of anilines is 1. The van der Waals surface area contributed by atoms with Gasteiger partial charge in [0.1, 0.15) is 5.82 Å². The van der Waals surface area contributed by atoms with Crippen molar-refractivity contribution in [3.05, 3.63) is 53.7 Å². The van der Waals surface area contributed by atoms with Crippen LogP contribution in [0.2, 0.25) is 0 Å². The number of nitrogens with one attached hydrogen (secondary N) is 1. The summed E-state index contributed by atoms with van der Waals surface area (Å²) in [5.41, 5.74) is 2.48. The molecule has 3 rings (SSSR count). The van der Waals surface area contributed by atoms with E-state index in [1.807, 2.05) is 37.3 Å². The SMILES string of the molecule is Cc1cc(B2OC(C)(C)C(C)(C)O2)cc(NCc2ccccc2)n1. The van der Waals surface area contributed by atoms with Crippen molar-refractivity contribution in [3.63, 3.8) is 0 Å². The average molecular weight is 324 g/mol. The molecule has 0 unspecified atom stereocenters. The van der Waals surface area contributed by atoms with E-state index in [2.05, 4.69) is 50.1 Å². The van der Waals surface area contributed by atoms with Crippen molar-refractivity contribution in [1.82, 2.24) is 4.98 Å². The normalized spacial score (nSPS) is 18.6. The molecule has 2 heterocycles. The van der Waals surface area contributed by atoms with Crippen molar-refractivity contribution in [1.29, 1.82) is 0 Å². The lowest BCUT2D eigenvalue weighted by atomic mass is 9.79. The lowest BCUT2D eigenvalue weighted by Gasteiger charge is -2.32. The minimum Gasteiger partial charge on any atom is -0.399 e. The topological polar surface area (TPSA) is 43.4 Å². The molecule has 1 aliphatic heterocycles. The molecule has 1 saturated heterocycles. The van der Waals surface area contributed by atoms with E-state index in [0.29, 0.717) is 0 Å². The van der Waals surface area contributed by atoms with Crippen molar-refractivity contribution in [3.8, 4) is 0 Å². The van der Waals surface area contributed by atoms with Crippen LogP contribution in [-0.2, 0) is 15.9 Å². The molecule has 2 aromatic rings. The Morgan fingerprint density at radius 2 is 1.62 bits per heavy atom. The Morgan fingerprint density at radius 3 is 2.25 bits per heavy atom. The molecule has 1 N–H and O–H groups in total. The van der Waals surface area contributed by atoms with E-state index >= 15 is 0 Å². The highest BCUT2D eigenvalue weighted by Crippen LogP contribution is 2.36. The Morgan fingerprint density at radius 1 is 1.00 bits per heavy atom. The second-order valence-corrected chi connectivity index (χ2v) is 7.35. The summed E-state index contributed by atoms with van der Waals surface area (Å²) in [4.78, 5) is 4.57. The summed E-state index contributed by atoms with van der Waals surface area (Å²) in [6.45, 7) is 11.0. The van der Waals surface area contributed by atoms with Crippen LogP contribution in [0.4, 0.5) is 5.82 Å². The fraction of sp³-hybridized carbons (Fsp3) is 0.421. The number of rotatable bonds is 4. The second-order valence-electron chi connectivity index (χ2n) is 7.35. The van der Waals surface area contributed by atoms with Crippen molar-refractivity contribution in [2.45, 2.75) is 52.4 Å². The summed E-state index contributed by atoms with van der Waals surface area (Å²) in [6.07, 6.45) is 0. The third-order valence-corrected chi connectivity index (χ3v) is 4.82. The largest absolute Gasteiger partial charge is 0.495 e. The number of pyridine rings is 1. The summed E-state index contributed by atoms with van der Waals surface area (Å²) in [5.74, 6) is 0.837. The first kappa shape index (κ1) is 17.0. The van der Waals surface area contributed by atoms with Gasteiger partial charge in [0.15, 0.2) is 0 Å². The van der Waals surface area contributed by atoms with E-state index in [9.17, 15) is 0 Å². The highest BCUT2D eigenvalue weighted by atomic mass is 16.7. The van der Waals surface area contributed by atoms with Crippen LogP contribution in [0.25, 0.3) is 0 Å². The minimum absolute atomic E-state index is 0.341. The Labute approximate surface area is 144 Å². The van der Waals surface area contributed by atoms with E-state index < -0.39 is 0 Å². The molecule has 1 aromatic carbocycles. The van der Waals surface area contributed by atoms with E-state index in [1.54, 1.807) is 0 Å². The molecule has 0 bridgehead atoms. The monoisotopic (exact) mass is 324 g/mol. The molecular formula is C19H25BN2O2. The van der Waals surface area contributed by atoms with Crippen LogP contribution in [0.5, 0.6) is 0 Å². The minimum atomic E-state index is -0.367. The van der Waals surface area contributed by atoms with E-state index in [-0.39, 0.29) is 18.3 Å². The van der Waals surface area contributed by atoms with E-state index in [0.717, 1.165) is 23.5 Å². The highest BCUT2D eigenvalue weighted by molar-refractivity contribution is 6.62. The molecule has 1 aliphatic rings. The van der Waals surface area contributed by atoms with Crippen LogP contribution in [0, 0.1) is 6.92 Å². The summed E-state index contributed by atoms with van der Waals surface area (Å²) in [6, 6.07) is 14.3. The lowest BCUT2D eigenvalue weighted by Crippen LogP contribution is -2.41. The molecule has 0 aliphatic carbocycles. The zero-order valence-corrected chi connectivity index (χ0v) is 15.1. The molecule has 1 aromatic heterocycles.